The molecular formula is C14H16ClFOS2. The monoisotopic (exact) mass is 318 g/mol. The fourth-order valence-electron chi connectivity index (χ4n) is 2.17. The van der Waals surface area contributed by atoms with Gasteiger partial charge in [-0.15, -0.1) is 11.8 Å². The van der Waals surface area contributed by atoms with Crippen LogP contribution in [0.15, 0.2) is 18.2 Å². The SMILES string of the molecule is CCC1SCCSC1C(=O)Cc1cccc(F)c1Cl. The third kappa shape index (κ3) is 3.67. The first-order chi connectivity index (χ1) is 9.13. The maximum atomic E-state index is 13.4. The van der Waals surface area contributed by atoms with Crippen LogP contribution in [0.3, 0.4) is 0 Å². The zero-order chi connectivity index (χ0) is 13.8. The van der Waals surface area contributed by atoms with Crippen molar-refractivity contribution in [3.05, 3.63) is 34.6 Å². The molecule has 0 aromatic heterocycles. The van der Waals surface area contributed by atoms with Crippen molar-refractivity contribution in [1.82, 2.24) is 0 Å². The third-order valence-electron chi connectivity index (χ3n) is 3.17. The molecule has 0 saturated carbocycles. The maximum absolute atomic E-state index is 13.4. The van der Waals surface area contributed by atoms with Crippen molar-refractivity contribution in [2.24, 2.45) is 0 Å². The molecule has 1 nitrogen and oxygen atoms in total. The number of carbonyl (C=O) groups excluding carboxylic acids is 1. The standard InChI is InChI=1S/C14H16ClFOS2/c1-2-12-14(19-7-6-18-12)11(17)8-9-4-3-5-10(16)13(9)15/h3-5,12,14H,2,6-8H2,1H3. The van der Waals surface area contributed by atoms with Gasteiger partial charge in [-0.05, 0) is 18.1 Å². The van der Waals surface area contributed by atoms with Gasteiger partial charge in [0.25, 0.3) is 0 Å². The lowest BCUT2D eigenvalue weighted by molar-refractivity contribution is -0.117. The Balaban J connectivity index is 2.09. The number of carbonyl (C=O) groups is 1. The highest BCUT2D eigenvalue weighted by molar-refractivity contribution is 8.07. The van der Waals surface area contributed by atoms with Gasteiger partial charge in [-0.3, -0.25) is 4.79 Å². The molecule has 1 aliphatic rings. The van der Waals surface area contributed by atoms with Crippen molar-refractivity contribution in [3.8, 4) is 0 Å². The Labute approximate surface area is 126 Å². The predicted molar refractivity (Wildman–Crippen MR) is 82.9 cm³/mol. The summed E-state index contributed by atoms with van der Waals surface area (Å²) in [5.74, 6) is 1.82. The maximum Gasteiger partial charge on any atom is 0.151 e. The van der Waals surface area contributed by atoms with E-state index in [9.17, 15) is 9.18 Å². The minimum absolute atomic E-state index is 0.0167. The van der Waals surface area contributed by atoms with E-state index < -0.39 is 5.82 Å². The minimum atomic E-state index is -0.454. The van der Waals surface area contributed by atoms with Crippen molar-refractivity contribution in [3.63, 3.8) is 0 Å². The summed E-state index contributed by atoms with van der Waals surface area (Å²) in [7, 11) is 0. The van der Waals surface area contributed by atoms with E-state index in [4.69, 9.17) is 11.6 Å². The van der Waals surface area contributed by atoms with Crippen LogP contribution in [0.2, 0.25) is 5.02 Å². The Morgan fingerprint density at radius 3 is 2.89 bits per heavy atom. The third-order valence-corrected chi connectivity index (χ3v) is 6.88. The highest BCUT2D eigenvalue weighted by atomic mass is 35.5. The van der Waals surface area contributed by atoms with Crippen LogP contribution in [-0.4, -0.2) is 27.8 Å². The van der Waals surface area contributed by atoms with Crippen LogP contribution in [0.5, 0.6) is 0 Å². The highest BCUT2D eigenvalue weighted by Gasteiger charge is 2.31. The summed E-state index contributed by atoms with van der Waals surface area (Å²) in [6.07, 6.45) is 1.22. The van der Waals surface area contributed by atoms with Crippen LogP contribution in [0.25, 0.3) is 0 Å². The molecule has 5 heteroatoms. The van der Waals surface area contributed by atoms with E-state index in [1.54, 1.807) is 23.9 Å². The topological polar surface area (TPSA) is 17.1 Å². The minimum Gasteiger partial charge on any atom is -0.298 e. The van der Waals surface area contributed by atoms with Crippen LogP contribution in [0.4, 0.5) is 4.39 Å². The van der Waals surface area contributed by atoms with Gasteiger partial charge in [-0.2, -0.15) is 11.8 Å². The lowest BCUT2D eigenvalue weighted by Crippen LogP contribution is -2.33. The molecule has 2 atom stereocenters. The summed E-state index contributed by atoms with van der Waals surface area (Å²) in [6, 6.07) is 4.64. The van der Waals surface area contributed by atoms with Crippen LogP contribution in [-0.2, 0) is 11.2 Å². The molecule has 19 heavy (non-hydrogen) atoms. The summed E-state index contributed by atoms with van der Waals surface area (Å²) >= 11 is 9.50. The van der Waals surface area contributed by atoms with Gasteiger partial charge in [-0.25, -0.2) is 4.39 Å². The number of ketones is 1. The Morgan fingerprint density at radius 2 is 2.16 bits per heavy atom. The Morgan fingerprint density at radius 1 is 1.42 bits per heavy atom. The summed E-state index contributed by atoms with van der Waals surface area (Å²) in [4.78, 5) is 12.4. The lowest BCUT2D eigenvalue weighted by Gasteiger charge is -2.28. The largest absolute Gasteiger partial charge is 0.298 e. The smallest absolute Gasteiger partial charge is 0.151 e. The van der Waals surface area contributed by atoms with Gasteiger partial charge in [-0.1, -0.05) is 30.7 Å². The van der Waals surface area contributed by atoms with E-state index in [1.165, 1.54) is 6.07 Å². The summed E-state index contributed by atoms with van der Waals surface area (Å²) in [6.45, 7) is 2.11. The van der Waals surface area contributed by atoms with E-state index in [2.05, 4.69) is 6.92 Å². The number of hydrogen-bond donors (Lipinski definition) is 0. The van der Waals surface area contributed by atoms with Gasteiger partial charge in [0.05, 0.1) is 10.3 Å². The molecule has 104 valence electrons. The van der Waals surface area contributed by atoms with Gasteiger partial charge < -0.3 is 0 Å². The first-order valence-corrected chi connectivity index (χ1v) is 8.79. The average molecular weight is 319 g/mol. The average Bonchev–Trinajstić information content (AvgIpc) is 2.43. The number of Topliss-reactive ketones (excluding diaryl/α,β-unsaturated/α-hetero) is 1. The molecule has 2 unspecified atom stereocenters. The Kier molecular flexibility index (Phi) is 5.60. The Hall–Kier alpha value is -0.190. The molecule has 0 amide bonds. The molecule has 1 aromatic rings. The molecule has 0 radical (unpaired) electrons. The number of hydrogen-bond acceptors (Lipinski definition) is 3. The zero-order valence-corrected chi connectivity index (χ0v) is 13.1. The van der Waals surface area contributed by atoms with Gasteiger partial charge in [0.15, 0.2) is 5.78 Å². The molecule has 0 N–H and O–H groups in total. The molecule has 2 rings (SSSR count). The van der Waals surface area contributed by atoms with E-state index >= 15 is 0 Å². The molecule has 1 fully saturated rings. The van der Waals surface area contributed by atoms with E-state index in [1.807, 2.05) is 11.8 Å². The number of benzene rings is 1. The Bertz CT molecular complexity index is 467. The lowest BCUT2D eigenvalue weighted by atomic mass is 10.0. The van der Waals surface area contributed by atoms with Crippen molar-refractivity contribution in [2.75, 3.05) is 11.5 Å². The number of halogens is 2. The van der Waals surface area contributed by atoms with E-state index in [-0.39, 0.29) is 22.5 Å². The van der Waals surface area contributed by atoms with Crippen LogP contribution in [0.1, 0.15) is 18.9 Å². The highest BCUT2D eigenvalue weighted by Crippen LogP contribution is 2.34. The molecular weight excluding hydrogens is 303 g/mol. The van der Waals surface area contributed by atoms with E-state index in [0.29, 0.717) is 10.8 Å². The fourth-order valence-corrected chi connectivity index (χ4v) is 5.40. The van der Waals surface area contributed by atoms with Crippen molar-refractivity contribution in [2.45, 2.75) is 30.3 Å². The molecule has 1 heterocycles. The van der Waals surface area contributed by atoms with Gasteiger partial charge in [0.2, 0.25) is 0 Å². The second-order valence-electron chi connectivity index (χ2n) is 4.46. The number of thioether (sulfide) groups is 2. The predicted octanol–water partition coefficient (Wildman–Crippen LogP) is 4.22. The van der Waals surface area contributed by atoms with Crippen LogP contribution >= 0.6 is 35.1 Å². The summed E-state index contributed by atoms with van der Waals surface area (Å²) < 4.78 is 13.4. The van der Waals surface area contributed by atoms with Crippen molar-refractivity contribution in [1.29, 1.82) is 0 Å². The molecule has 1 aromatic carbocycles. The zero-order valence-electron chi connectivity index (χ0n) is 10.7. The molecule has 0 aliphatic carbocycles. The molecule has 1 aliphatic heterocycles. The first kappa shape index (κ1) is 15.2. The normalized spacial score (nSPS) is 23.3. The molecule has 0 bridgehead atoms. The quantitative estimate of drug-likeness (QED) is 0.827. The first-order valence-electron chi connectivity index (χ1n) is 6.32. The molecule has 1 saturated heterocycles. The van der Waals surface area contributed by atoms with Crippen LogP contribution < -0.4 is 0 Å². The second kappa shape index (κ2) is 7.00. The molecule has 0 spiro atoms. The summed E-state index contributed by atoms with van der Waals surface area (Å²) in [5.41, 5.74) is 0.595. The van der Waals surface area contributed by atoms with Gasteiger partial charge >= 0.3 is 0 Å². The van der Waals surface area contributed by atoms with E-state index in [0.717, 1.165) is 17.9 Å². The van der Waals surface area contributed by atoms with Crippen molar-refractivity contribution >= 4 is 40.9 Å². The van der Waals surface area contributed by atoms with Gasteiger partial charge in [0, 0.05) is 23.2 Å². The van der Waals surface area contributed by atoms with Crippen LogP contribution in [0, 0.1) is 5.82 Å². The van der Waals surface area contributed by atoms with Gasteiger partial charge in [0.1, 0.15) is 5.82 Å². The summed E-state index contributed by atoms with van der Waals surface area (Å²) in [5, 5.41) is 0.471. The fraction of sp³-hybridized carbons (Fsp3) is 0.500. The number of rotatable bonds is 4. The second-order valence-corrected chi connectivity index (χ2v) is 7.44. The van der Waals surface area contributed by atoms with Crippen molar-refractivity contribution < 1.29 is 9.18 Å².